The maximum atomic E-state index is 13.1. The third-order valence-corrected chi connectivity index (χ3v) is 8.09. The summed E-state index contributed by atoms with van der Waals surface area (Å²) in [6.07, 6.45) is 2.72. The van der Waals surface area contributed by atoms with Crippen molar-refractivity contribution in [2.75, 3.05) is 18.0 Å². The van der Waals surface area contributed by atoms with Crippen LogP contribution in [0.3, 0.4) is 0 Å². The molecular formula is C26H25ClN2O5S. The van der Waals surface area contributed by atoms with Crippen molar-refractivity contribution >= 4 is 39.2 Å². The molecule has 1 aliphatic carbocycles. The quantitative estimate of drug-likeness (QED) is 0.470. The van der Waals surface area contributed by atoms with Crippen LogP contribution in [-0.4, -0.2) is 33.9 Å². The fourth-order valence-corrected chi connectivity index (χ4v) is 5.52. The molecule has 3 aromatic carbocycles. The van der Waals surface area contributed by atoms with Gasteiger partial charge in [0.15, 0.2) is 6.61 Å². The Morgan fingerprint density at radius 1 is 1.06 bits per heavy atom. The molecule has 0 fully saturated rings. The number of aryl methyl sites for hydroxylation is 1. The van der Waals surface area contributed by atoms with Gasteiger partial charge in [0, 0.05) is 7.05 Å². The van der Waals surface area contributed by atoms with E-state index in [9.17, 15) is 18.0 Å². The molecule has 1 N–H and O–H groups in total. The highest BCUT2D eigenvalue weighted by atomic mass is 35.5. The maximum Gasteiger partial charge on any atom is 0.340 e. The molecule has 0 saturated carbocycles. The van der Waals surface area contributed by atoms with E-state index in [0.717, 1.165) is 35.2 Å². The summed E-state index contributed by atoms with van der Waals surface area (Å²) >= 11 is 6.16. The van der Waals surface area contributed by atoms with Gasteiger partial charge in [0.05, 0.1) is 27.2 Å². The number of benzene rings is 3. The summed E-state index contributed by atoms with van der Waals surface area (Å²) in [7, 11) is -2.53. The van der Waals surface area contributed by atoms with E-state index >= 15 is 0 Å². The van der Waals surface area contributed by atoms with E-state index in [1.54, 1.807) is 30.3 Å². The van der Waals surface area contributed by atoms with Crippen molar-refractivity contribution in [2.24, 2.45) is 0 Å². The largest absolute Gasteiger partial charge is 0.452 e. The maximum absolute atomic E-state index is 13.1. The van der Waals surface area contributed by atoms with Crippen LogP contribution in [0, 0.1) is 0 Å². The number of esters is 1. The van der Waals surface area contributed by atoms with Crippen molar-refractivity contribution in [3.8, 4) is 0 Å². The number of carbonyl (C=O) groups excluding carboxylic acids is 2. The van der Waals surface area contributed by atoms with Gasteiger partial charge in [-0.15, -0.1) is 0 Å². The normalized spacial score (nSPS) is 15.1. The number of carbonyl (C=O) groups is 2. The molecule has 0 heterocycles. The Kier molecular flexibility index (Phi) is 7.42. The van der Waals surface area contributed by atoms with E-state index in [1.165, 1.54) is 24.7 Å². The SMILES string of the molecule is CN(c1ccccc1)S(=O)(=O)c1ccc(Cl)c(C(=O)OCC(=O)N[C@@H]2CCCc3ccccc32)c1. The first-order valence-electron chi connectivity index (χ1n) is 11.1. The number of nitrogens with zero attached hydrogens (tertiary/aromatic N) is 1. The highest BCUT2D eigenvalue weighted by Crippen LogP contribution is 2.29. The van der Waals surface area contributed by atoms with Crippen LogP contribution in [0.2, 0.25) is 5.02 Å². The number of rotatable bonds is 7. The summed E-state index contributed by atoms with van der Waals surface area (Å²) in [6.45, 7) is -0.505. The third kappa shape index (κ3) is 5.49. The lowest BCUT2D eigenvalue weighted by Crippen LogP contribution is -2.34. The predicted octanol–water partition coefficient (Wildman–Crippen LogP) is 4.52. The fourth-order valence-electron chi connectivity index (χ4n) is 4.10. The van der Waals surface area contributed by atoms with Crippen LogP contribution in [-0.2, 0) is 26.0 Å². The first-order chi connectivity index (χ1) is 16.8. The third-order valence-electron chi connectivity index (χ3n) is 5.97. The van der Waals surface area contributed by atoms with E-state index in [2.05, 4.69) is 5.32 Å². The van der Waals surface area contributed by atoms with Gasteiger partial charge < -0.3 is 10.1 Å². The van der Waals surface area contributed by atoms with Crippen LogP contribution >= 0.6 is 11.6 Å². The Bertz CT molecular complexity index is 1340. The number of fused-ring (bicyclic) bond motifs is 1. The molecule has 0 saturated heterocycles. The van der Waals surface area contributed by atoms with Gasteiger partial charge >= 0.3 is 5.97 Å². The Morgan fingerprint density at radius 3 is 2.54 bits per heavy atom. The Labute approximate surface area is 209 Å². The number of anilines is 1. The van der Waals surface area contributed by atoms with Gasteiger partial charge in [-0.05, 0) is 60.7 Å². The van der Waals surface area contributed by atoms with Crippen LogP contribution in [0.25, 0.3) is 0 Å². The molecule has 1 atom stereocenters. The van der Waals surface area contributed by atoms with Gasteiger partial charge in [0.25, 0.3) is 15.9 Å². The molecule has 1 aliphatic rings. The van der Waals surface area contributed by atoms with Crippen molar-refractivity contribution in [1.82, 2.24) is 5.32 Å². The minimum absolute atomic E-state index is 0.0259. The molecule has 9 heteroatoms. The first-order valence-corrected chi connectivity index (χ1v) is 13.0. The van der Waals surface area contributed by atoms with Gasteiger partial charge in [-0.2, -0.15) is 0 Å². The molecule has 35 heavy (non-hydrogen) atoms. The highest BCUT2D eigenvalue weighted by Gasteiger charge is 2.25. The lowest BCUT2D eigenvalue weighted by molar-refractivity contribution is -0.125. The smallest absolute Gasteiger partial charge is 0.340 e. The topological polar surface area (TPSA) is 92.8 Å². The molecule has 3 aromatic rings. The summed E-state index contributed by atoms with van der Waals surface area (Å²) in [4.78, 5) is 25.1. The van der Waals surface area contributed by atoms with E-state index in [-0.39, 0.29) is 21.5 Å². The molecule has 0 aliphatic heterocycles. The molecule has 0 unspecified atom stereocenters. The molecular weight excluding hydrogens is 488 g/mol. The number of halogens is 1. The second kappa shape index (κ2) is 10.5. The number of amides is 1. The first kappa shape index (κ1) is 24.8. The van der Waals surface area contributed by atoms with E-state index in [4.69, 9.17) is 16.3 Å². The number of hydrogen-bond donors (Lipinski definition) is 1. The van der Waals surface area contributed by atoms with Gasteiger partial charge in [0.1, 0.15) is 0 Å². The summed E-state index contributed by atoms with van der Waals surface area (Å²) in [5.41, 5.74) is 2.60. The van der Waals surface area contributed by atoms with Crippen LogP contribution in [0.4, 0.5) is 5.69 Å². The van der Waals surface area contributed by atoms with Crippen molar-refractivity contribution in [2.45, 2.75) is 30.2 Å². The van der Waals surface area contributed by atoms with E-state index < -0.39 is 28.5 Å². The predicted molar refractivity (Wildman–Crippen MR) is 134 cm³/mol. The van der Waals surface area contributed by atoms with Crippen LogP contribution in [0.1, 0.15) is 40.4 Å². The summed E-state index contributed by atoms with van der Waals surface area (Å²) in [5.74, 6) is -1.32. The van der Waals surface area contributed by atoms with Crippen molar-refractivity contribution in [3.05, 3.63) is 94.5 Å². The monoisotopic (exact) mass is 512 g/mol. The minimum atomic E-state index is -3.96. The lowest BCUT2D eigenvalue weighted by Gasteiger charge is -2.26. The standard InChI is InChI=1S/C26H25ClN2O5S/c1-29(19-10-3-2-4-11-19)35(32,33)20-14-15-23(27)22(16-20)26(31)34-17-25(30)28-24-13-7-9-18-8-5-6-12-21(18)24/h2-6,8,10-12,14-16,24H,7,9,13,17H2,1H3,(H,28,30)/t24-/m1/s1. The van der Waals surface area contributed by atoms with Crippen molar-refractivity contribution in [3.63, 3.8) is 0 Å². The Balaban J connectivity index is 1.44. The average molecular weight is 513 g/mol. The molecule has 1 amide bonds. The number of nitrogens with one attached hydrogen (secondary N) is 1. The van der Waals surface area contributed by atoms with E-state index in [0.29, 0.717) is 5.69 Å². The van der Waals surface area contributed by atoms with Crippen molar-refractivity contribution in [1.29, 1.82) is 0 Å². The molecule has 0 radical (unpaired) electrons. The summed E-state index contributed by atoms with van der Waals surface area (Å²) in [6, 6.07) is 20.2. The Morgan fingerprint density at radius 2 is 1.77 bits per heavy atom. The molecule has 7 nitrogen and oxygen atoms in total. The average Bonchev–Trinajstić information content (AvgIpc) is 2.87. The molecule has 0 aromatic heterocycles. The van der Waals surface area contributed by atoms with Crippen LogP contribution in [0.15, 0.2) is 77.7 Å². The van der Waals surface area contributed by atoms with Gasteiger partial charge in [-0.1, -0.05) is 54.1 Å². The minimum Gasteiger partial charge on any atom is -0.452 e. The molecule has 0 spiro atoms. The fraction of sp³-hybridized carbons (Fsp3) is 0.231. The lowest BCUT2D eigenvalue weighted by atomic mass is 9.88. The summed E-state index contributed by atoms with van der Waals surface area (Å²) in [5, 5.41) is 2.94. The zero-order chi connectivity index (χ0) is 25.0. The Hall–Kier alpha value is -3.36. The zero-order valence-electron chi connectivity index (χ0n) is 19.1. The highest BCUT2D eigenvalue weighted by molar-refractivity contribution is 7.92. The van der Waals surface area contributed by atoms with Crippen molar-refractivity contribution < 1.29 is 22.7 Å². The number of para-hydroxylation sites is 1. The second-order valence-electron chi connectivity index (χ2n) is 8.24. The number of sulfonamides is 1. The van der Waals surface area contributed by atoms with Gasteiger partial charge in [0.2, 0.25) is 0 Å². The number of ether oxygens (including phenoxy) is 1. The number of hydrogen-bond acceptors (Lipinski definition) is 5. The van der Waals surface area contributed by atoms with Crippen LogP contribution < -0.4 is 9.62 Å². The summed E-state index contributed by atoms with van der Waals surface area (Å²) < 4.78 is 32.4. The molecule has 4 rings (SSSR count). The zero-order valence-corrected chi connectivity index (χ0v) is 20.7. The molecule has 182 valence electrons. The van der Waals surface area contributed by atoms with E-state index in [1.807, 2.05) is 24.3 Å². The van der Waals surface area contributed by atoms with Gasteiger partial charge in [-0.25, -0.2) is 13.2 Å². The van der Waals surface area contributed by atoms with Crippen LogP contribution in [0.5, 0.6) is 0 Å². The second-order valence-corrected chi connectivity index (χ2v) is 10.6. The molecule has 0 bridgehead atoms. The van der Waals surface area contributed by atoms with Gasteiger partial charge in [-0.3, -0.25) is 9.10 Å².